The molecule has 0 atom stereocenters. The number of hydrogen-bond donors (Lipinski definition) is 1. The summed E-state index contributed by atoms with van der Waals surface area (Å²) in [6.45, 7) is 7.29. The standard InChI is InChI=1S/C14H19N5O2/c1-14(2,3)18-10-12(16-17-18)9-15-8-11-5-4-6-13(7-11)19(20)21/h4-7,10,15H,8-9H2,1-3H3. The highest BCUT2D eigenvalue weighted by Gasteiger charge is 2.14. The van der Waals surface area contributed by atoms with Crippen molar-refractivity contribution in [3.63, 3.8) is 0 Å². The van der Waals surface area contributed by atoms with E-state index < -0.39 is 4.92 Å². The normalized spacial score (nSPS) is 11.6. The lowest BCUT2D eigenvalue weighted by Crippen LogP contribution is -2.22. The quantitative estimate of drug-likeness (QED) is 0.674. The molecule has 0 saturated heterocycles. The summed E-state index contributed by atoms with van der Waals surface area (Å²) in [6, 6.07) is 6.59. The SMILES string of the molecule is CC(C)(C)n1cc(CNCc2cccc([N+](=O)[O-])c2)nn1. The number of rotatable bonds is 5. The molecule has 0 aliphatic rings. The smallest absolute Gasteiger partial charge is 0.269 e. The van der Waals surface area contributed by atoms with Crippen LogP contribution in [0.15, 0.2) is 30.5 Å². The first kappa shape index (κ1) is 15.1. The van der Waals surface area contributed by atoms with E-state index in [0.29, 0.717) is 13.1 Å². The van der Waals surface area contributed by atoms with Crippen LogP contribution in [0.1, 0.15) is 32.0 Å². The van der Waals surface area contributed by atoms with Gasteiger partial charge in [0.25, 0.3) is 5.69 Å². The summed E-state index contributed by atoms with van der Waals surface area (Å²) in [5.74, 6) is 0. The van der Waals surface area contributed by atoms with Gasteiger partial charge in [-0.3, -0.25) is 10.1 Å². The Kier molecular flexibility index (Phi) is 4.32. The largest absolute Gasteiger partial charge is 0.307 e. The van der Waals surface area contributed by atoms with Gasteiger partial charge < -0.3 is 5.32 Å². The van der Waals surface area contributed by atoms with Crippen molar-refractivity contribution in [2.75, 3.05) is 0 Å². The van der Waals surface area contributed by atoms with Crippen LogP contribution in [0.25, 0.3) is 0 Å². The van der Waals surface area contributed by atoms with Gasteiger partial charge in [-0.05, 0) is 26.3 Å². The lowest BCUT2D eigenvalue weighted by atomic mass is 10.1. The Labute approximate surface area is 123 Å². The number of hydrogen-bond acceptors (Lipinski definition) is 5. The molecule has 112 valence electrons. The number of nitro benzene ring substituents is 1. The highest BCUT2D eigenvalue weighted by atomic mass is 16.6. The Hall–Kier alpha value is -2.28. The summed E-state index contributed by atoms with van der Waals surface area (Å²) in [5, 5.41) is 22.1. The number of non-ortho nitro benzene ring substituents is 1. The van der Waals surface area contributed by atoms with Crippen LogP contribution >= 0.6 is 0 Å². The molecule has 0 aliphatic heterocycles. The second-order valence-electron chi connectivity index (χ2n) is 5.86. The molecule has 2 rings (SSSR count). The third-order valence-electron chi connectivity index (χ3n) is 2.98. The Morgan fingerprint density at radius 2 is 2.10 bits per heavy atom. The molecule has 0 bridgehead atoms. The third kappa shape index (κ3) is 4.09. The summed E-state index contributed by atoms with van der Waals surface area (Å²) < 4.78 is 1.82. The molecule has 0 spiro atoms. The van der Waals surface area contributed by atoms with Gasteiger partial charge in [0.05, 0.1) is 22.4 Å². The molecule has 7 nitrogen and oxygen atoms in total. The van der Waals surface area contributed by atoms with Crippen molar-refractivity contribution in [3.05, 3.63) is 51.8 Å². The van der Waals surface area contributed by atoms with Crippen LogP contribution in [-0.2, 0) is 18.6 Å². The third-order valence-corrected chi connectivity index (χ3v) is 2.98. The fourth-order valence-electron chi connectivity index (χ4n) is 1.82. The van der Waals surface area contributed by atoms with Gasteiger partial charge in [0.15, 0.2) is 0 Å². The molecule has 0 aliphatic carbocycles. The topological polar surface area (TPSA) is 85.9 Å². The lowest BCUT2D eigenvalue weighted by molar-refractivity contribution is -0.384. The Morgan fingerprint density at radius 3 is 2.71 bits per heavy atom. The number of nitro groups is 1. The molecule has 21 heavy (non-hydrogen) atoms. The summed E-state index contributed by atoms with van der Waals surface area (Å²) in [5.41, 5.74) is 1.72. The molecule has 7 heteroatoms. The fourth-order valence-corrected chi connectivity index (χ4v) is 1.82. The zero-order chi connectivity index (χ0) is 15.5. The molecule has 2 aromatic rings. The summed E-state index contributed by atoms with van der Waals surface area (Å²) >= 11 is 0. The van der Waals surface area contributed by atoms with Gasteiger partial charge in [-0.2, -0.15) is 0 Å². The van der Waals surface area contributed by atoms with Crippen LogP contribution in [-0.4, -0.2) is 19.9 Å². The summed E-state index contributed by atoms with van der Waals surface area (Å²) in [7, 11) is 0. The van der Waals surface area contributed by atoms with Crippen LogP contribution in [0.3, 0.4) is 0 Å². The van der Waals surface area contributed by atoms with E-state index in [-0.39, 0.29) is 11.2 Å². The highest BCUT2D eigenvalue weighted by molar-refractivity contribution is 5.34. The van der Waals surface area contributed by atoms with Crippen LogP contribution in [0, 0.1) is 10.1 Å². The molecule has 0 radical (unpaired) electrons. The van der Waals surface area contributed by atoms with Gasteiger partial charge in [0.1, 0.15) is 0 Å². The maximum absolute atomic E-state index is 10.7. The zero-order valence-electron chi connectivity index (χ0n) is 12.4. The van der Waals surface area contributed by atoms with E-state index in [1.807, 2.05) is 16.9 Å². The van der Waals surface area contributed by atoms with Gasteiger partial charge in [-0.1, -0.05) is 17.3 Å². The van der Waals surface area contributed by atoms with Gasteiger partial charge in [-0.15, -0.1) is 5.10 Å². The van der Waals surface area contributed by atoms with Crippen molar-refractivity contribution in [3.8, 4) is 0 Å². The van der Waals surface area contributed by atoms with E-state index in [1.54, 1.807) is 12.1 Å². The van der Waals surface area contributed by atoms with Crippen molar-refractivity contribution in [2.45, 2.75) is 39.4 Å². The maximum Gasteiger partial charge on any atom is 0.269 e. The predicted molar refractivity (Wildman–Crippen MR) is 78.7 cm³/mol. The summed E-state index contributed by atoms with van der Waals surface area (Å²) in [4.78, 5) is 10.3. The van der Waals surface area contributed by atoms with Gasteiger partial charge in [0.2, 0.25) is 0 Å². The Morgan fingerprint density at radius 1 is 1.33 bits per heavy atom. The molecular weight excluding hydrogens is 270 g/mol. The minimum absolute atomic E-state index is 0.0920. The number of benzene rings is 1. The van der Waals surface area contributed by atoms with Gasteiger partial charge >= 0.3 is 0 Å². The fraction of sp³-hybridized carbons (Fsp3) is 0.429. The van der Waals surface area contributed by atoms with Crippen molar-refractivity contribution in [1.82, 2.24) is 20.3 Å². The van der Waals surface area contributed by atoms with Crippen molar-refractivity contribution < 1.29 is 4.92 Å². The molecule has 0 saturated carbocycles. The average Bonchev–Trinajstić information content (AvgIpc) is 2.88. The monoisotopic (exact) mass is 289 g/mol. The van der Waals surface area contributed by atoms with Crippen LogP contribution in [0.5, 0.6) is 0 Å². The van der Waals surface area contributed by atoms with E-state index in [4.69, 9.17) is 0 Å². The Balaban J connectivity index is 1.91. The first-order chi connectivity index (χ1) is 9.86. The number of nitrogens with one attached hydrogen (secondary N) is 1. The van der Waals surface area contributed by atoms with Crippen LogP contribution < -0.4 is 5.32 Å². The second-order valence-corrected chi connectivity index (χ2v) is 5.86. The van der Waals surface area contributed by atoms with E-state index in [9.17, 15) is 10.1 Å². The van der Waals surface area contributed by atoms with E-state index in [1.165, 1.54) is 6.07 Å². The highest BCUT2D eigenvalue weighted by Crippen LogP contribution is 2.13. The minimum atomic E-state index is -0.390. The number of aromatic nitrogens is 3. The second kappa shape index (κ2) is 6.01. The van der Waals surface area contributed by atoms with Crippen molar-refractivity contribution in [1.29, 1.82) is 0 Å². The molecule has 0 amide bonds. The Bertz CT molecular complexity index is 630. The van der Waals surface area contributed by atoms with E-state index in [2.05, 4.69) is 36.4 Å². The molecular formula is C14H19N5O2. The zero-order valence-corrected chi connectivity index (χ0v) is 12.4. The van der Waals surface area contributed by atoms with Gasteiger partial charge in [0, 0.05) is 25.2 Å². The van der Waals surface area contributed by atoms with Crippen LogP contribution in [0.2, 0.25) is 0 Å². The minimum Gasteiger partial charge on any atom is -0.307 e. The van der Waals surface area contributed by atoms with Crippen LogP contribution in [0.4, 0.5) is 5.69 Å². The molecule has 1 aromatic carbocycles. The first-order valence-electron chi connectivity index (χ1n) is 6.72. The van der Waals surface area contributed by atoms with E-state index in [0.717, 1.165) is 11.3 Å². The lowest BCUT2D eigenvalue weighted by Gasteiger charge is -2.17. The average molecular weight is 289 g/mol. The molecule has 1 heterocycles. The maximum atomic E-state index is 10.7. The summed E-state index contributed by atoms with van der Waals surface area (Å²) in [6.07, 6.45) is 1.90. The van der Waals surface area contributed by atoms with Crippen molar-refractivity contribution >= 4 is 5.69 Å². The number of nitrogens with zero attached hydrogens (tertiary/aromatic N) is 4. The van der Waals surface area contributed by atoms with Crippen molar-refractivity contribution in [2.24, 2.45) is 0 Å². The molecule has 0 fully saturated rings. The van der Waals surface area contributed by atoms with E-state index >= 15 is 0 Å². The first-order valence-corrected chi connectivity index (χ1v) is 6.72. The molecule has 0 unspecified atom stereocenters. The van der Waals surface area contributed by atoms with Gasteiger partial charge in [-0.25, -0.2) is 4.68 Å². The molecule has 1 N–H and O–H groups in total. The molecule has 1 aromatic heterocycles. The predicted octanol–water partition coefficient (Wildman–Crippen LogP) is 2.23.